The summed E-state index contributed by atoms with van der Waals surface area (Å²) < 4.78 is 18.1. The molecule has 5 rings (SSSR count). The zero-order valence-corrected chi connectivity index (χ0v) is 24.0. The van der Waals surface area contributed by atoms with Crippen LogP contribution in [0.15, 0.2) is 115 Å². The van der Waals surface area contributed by atoms with Gasteiger partial charge in [0.25, 0.3) is 0 Å². The average molecular weight is 583 g/mol. The monoisotopic (exact) mass is 582 g/mol. The van der Waals surface area contributed by atoms with Crippen LogP contribution >= 0.6 is 11.8 Å². The fourth-order valence-electron chi connectivity index (χ4n) is 4.72. The number of ether oxygens (including phenoxy) is 3. The largest absolute Gasteiger partial charge is 0.445 e. The lowest BCUT2D eigenvalue weighted by molar-refractivity contribution is -0.245. The number of benzene rings is 3. The van der Waals surface area contributed by atoms with Gasteiger partial charge in [-0.25, -0.2) is 9.78 Å². The van der Waals surface area contributed by atoms with Gasteiger partial charge in [-0.3, -0.25) is 0 Å². The van der Waals surface area contributed by atoms with Crippen LogP contribution in [-0.2, 0) is 27.4 Å². The lowest BCUT2D eigenvalue weighted by atomic mass is 9.99. The Morgan fingerprint density at radius 1 is 0.976 bits per heavy atom. The van der Waals surface area contributed by atoms with E-state index in [1.165, 1.54) is 6.08 Å². The number of alkyl carbamates (subject to hydrolysis) is 1. The molecule has 1 amide bonds. The van der Waals surface area contributed by atoms with Crippen LogP contribution in [-0.4, -0.2) is 34.6 Å². The molecule has 3 atom stereocenters. The highest BCUT2D eigenvalue weighted by atomic mass is 32.2. The van der Waals surface area contributed by atoms with E-state index in [0.29, 0.717) is 13.0 Å². The van der Waals surface area contributed by atoms with Crippen molar-refractivity contribution in [2.45, 2.75) is 43.1 Å². The Morgan fingerprint density at radius 2 is 1.79 bits per heavy atom. The molecular weight excluding hydrogens is 548 g/mol. The highest BCUT2D eigenvalue weighted by Crippen LogP contribution is 2.40. The van der Waals surface area contributed by atoms with Gasteiger partial charge in [0.1, 0.15) is 6.61 Å². The van der Waals surface area contributed by atoms with E-state index >= 15 is 0 Å². The Balaban J connectivity index is 1.34. The summed E-state index contributed by atoms with van der Waals surface area (Å²) in [6, 6.07) is 30.0. The van der Waals surface area contributed by atoms with Crippen molar-refractivity contribution >= 4 is 17.9 Å². The van der Waals surface area contributed by atoms with Gasteiger partial charge in [0.15, 0.2) is 6.29 Å². The van der Waals surface area contributed by atoms with E-state index in [1.54, 1.807) is 18.0 Å². The van der Waals surface area contributed by atoms with Gasteiger partial charge < -0.3 is 24.6 Å². The van der Waals surface area contributed by atoms with Crippen molar-refractivity contribution in [1.82, 2.24) is 10.3 Å². The molecule has 0 unspecified atom stereocenters. The van der Waals surface area contributed by atoms with Crippen LogP contribution in [0.5, 0.6) is 0 Å². The molecule has 0 radical (unpaired) electrons. The standard InChI is InChI=1S/C34H34N2O5S/c1-2-17-39-34(38)36-21-25-7-5-8-27(18-25)28-9-6-10-29(19-28)33-40-30(23-42-32-11-3-4-16-35-32)20-31(41-33)26-14-12-24(22-37)13-15-26/h2-16,18-19,30-31,33,37H,1,17,20-23H2,(H,36,38)/t30-,31+,33+/m0/s1. The molecule has 3 aromatic carbocycles. The zero-order chi connectivity index (χ0) is 29.1. The normalized spacial score (nSPS) is 18.3. The summed E-state index contributed by atoms with van der Waals surface area (Å²) in [7, 11) is 0. The van der Waals surface area contributed by atoms with Crippen molar-refractivity contribution in [2.24, 2.45) is 0 Å². The molecule has 2 heterocycles. The van der Waals surface area contributed by atoms with Crippen LogP contribution in [0.25, 0.3) is 11.1 Å². The molecular formula is C34H34N2O5S. The van der Waals surface area contributed by atoms with Crippen LogP contribution in [0.1, 0.15) is 41.1 Å². The first kappa shape index (κ1) is 29.5. The Hall–Kier alpha value is -3.95. The van der Waals surface area contributed by atoms with Crippen LogP contribution in [0.2, 0.25) is 0 Å². The maximum atomic E-state index is 11.8. The number of thioether (sulfide) groups is 1. The number of amides is 1. The molecule has 216 valence electrons. The molecule has 0 aliphatic carbocycles. The summed E-state index contributed by atoms with van der Waals surface area (Å²) in [5, 5.41) is 13.2. The maximum absolute atomic E-state index is 11.8. The number of nitrogens with zero attached hydrogens (tertiary/aromatic N) is 1. The number of hydrogen-bond donors (Lipinski definition) is 2. The molecule has 1 aliphatic heterocycles. The van der Waals surface area contributed by atoms with E-state index in [0.717, 1.165) is 44.2 Å². The van der Waals surface area contributed by atoms with Gasteiger partial charge in [-0.15, -0.1) is 11.8 Å². The Labute approximate surface area is 250 Å². The molecule has 1 aliphatic rings. The SMILES string of the molecule is C=CCOC(=O)NCc1cccc(-c2cccc([C@@H]3O[C@H](CSc4ccccn4)C[C@H](c4ccc(CO)cc4)O3)c2)c1. The molecule has 0 saturated carbocycles. The lowest BCUT2D eigenvalue weighted by Gasteiger charge is -2.36. The van der Waals surface area contributed by atoms with E-state index in [4.69, 9.17) is 14.2 Å². The van der Waals surface area contributed by atoms with Crippen LogP contribution < -0.4 is 5.32 Å². The maximum Gasteiger partial charge on any atom is 0.407 e. The second-order valence-electron chi connectivity index (χ2n) is 9.90. The summed E-state index contributed by atoms with van der Waals surface area (Å²) in [5.74, 6) is 0.742. The van der Waals surface area contributed by atoms with Crippen molar-refractivity contribution in [1.29, 1.82) is 0 Å². The van der Waals surface area contributed by atoms with Crippen LogP contribution in [0, 0.1) is 0 Å². The van der Waals surface area contributed by atoms with Crippen molar-refractivity contribution in [2.75, 3.05) is 12.4 Å². The number of rotatable bonds is 11. The lowest BCUT2D eigenvalue weighted by Crippen LogP contribution is -2.31. The number of carbonyl (C=O) groups excluding carboxylic acids is 1. The molecule has 8 heteroatoms. The third-order valence-corrected chi connectivity index (χ3v) is 7.93. The Morgan fingerprint density at radius 3 is 2.55 bits per heavy atom. The number of aromatic nitrogens is 1. The fourth-order valence-corrected chi connectivity index (χ4v) is 5.60. The quantitative estimate of drug-likeness (QED) is 0.146. The molecule has 1 aromatic heterocycles. The molecule has 0 spiro atoms. The summed E-state index contributed by atoms with van der Waals surface area (Å²) in [4.78, 5) is 16.3. The average Bonchev–Trinajstić information content (AvgIpc) is 3.06. The van der Waals surface area contributed by atoms with Crippen LogP contribution in [0.4, 0.5) is 4.79 Å². The molecule has 1 fully saturated rings. The Kier molecular flexibility index (Phi) is 10.4. The molecule has 0 bridgehead atoms. The van der Waals surface area contributed by atoms with Gasteiger partial charge in [-0.1, -0.05) is 79.4 Å². The number of carbonyl (C=O) groups is 1. The van der Waals surface area contributed by atoms with E-state index < -0.39 is 12.4 Å². The number of aliphatic hydroxyl groups excluding tert-OH is 1. The van der Waals surface area contributed by atoms with Crippen molar-refractivity contribution < 1.29 is 24.1 Å². The summed E-state index contributed by atoms with van der Waals surface area (Å²) in [5.41, 5.74) is 5.83. The van der Waals surface area contributed by atoms with Gasteiger partial charge >= 0.3 is 6.09 Å². The second-order valence-corrected chi connectivity index (χ2v) is 10.9. The van der Waals surface area contributed by atoms with Gasteiger partial charge in [0.2, 0.25) is 0 Å². The number of hydrogen-bond acceptors (Lipinski definition) is 7. The van der Waals surface area contributed by atoms with Crippen molar-refractivity contribution in [3.8, 4) is 11.1 Å². The molecule has 2 N–H and O–H groups in total. The first-order valence-corrected chi connectivity index (χ1v) is 14.8. The predicted octanol–water partition coefficient (Wildman–Crippen LogP) is 6.99. The van der Waals surface area contributed by atoms with E-state index in [9.17, 15) is 9.90 Å². The van der Waals surface area contributed by atoms with Crippen molar-refractivity contribution in [3.63, 3.8) is 0 Å². The first-order chi connectivity index (χ1) is 20.6. The van der Waals surface area contributed by atoms with Gasteiger partial charge in [-0.2, -0.15) is 0 Å². The number of nitrogens with one attached hydrogen (secondary N) is 1. The Bertz CT molecular complexity index is 1460. The zero-order valence-electron chi connectivity index (χ0n) is 23.2. The summed E-state index contributed by atoms with van der Waals surface area (Å²) >= 11 is 1.67. The third kappa shape index (κ3) is 8.08. The fraction of sp³-hybridized carbons (Fsp3) is 0.235. The molecule has 1 saturated heterocycles. The highest BCUT2D eigenvalue weighted by molar-refractivity contribution is 7.99. The molecule has 7 nitrogen and oxygen atoms in total. The van der Waals surface area contributed by atoms with E-state index in [-0.39, 0.29) is 25.4 Å². The second kappa shape index (κ2) is 14.8. The van der Waals surface area contributed by atoms with Crippen molar-refractivity contribution in [3.05, 3.63) is 132 Å². The minimum absolute atomic E-state index is 0.00430. The van der Waals surface area contributed by atoms with Gasteiger partial charge in [0, 0.05) is 30.5 Å². The summed E-state index contributed by atoms with van der Waals surface area (Å²) in [6.45, 7) is 4.08. The number of aliphatic hydroxyl groups is 1. The predicted molar refractivity (Wildman–Crippen MR) is 164 cm³/mol. The topological polar surface area (TPSA) is 89.9 Å². The van der Waals surface area contributed by atoms with Gasteiger partial charge in [-0.05, 0) is 52.1 Å². The number of pyridine rings is 1. The first-order valence-electron chi connectivity index (χ1n) is 13.9. The molecule has 4 aromatic rings. The minimum Gasteiger partial charge on any atom is -0.445 e. The van der Waals surface area contributed by atoms with Gasteiger partial charge in [0.05, 0.1) is 23.8 Å². The minimum atomic E-state index is -0.556. The third-order valence-electron chi connectivity index (χ3n) is 6.86. The molecule has 42 heavy (non-hydrogen) atoms. The summed E-state index contributed by atoms with van der Waals surface area (Å²) in [6.07, 6.45) is 2.78. The smallest absolute Gasteiger partial charge is 0.407 e. The highest BCUT2D eigenvalue weighted by Gasteiger charge is 2.32. The van der Waals surface area contributed by atoms with Crippen LogP contribution in [0.3, 0.4) is 0 Å². The van der Waals surface area contributed by atoms with E-state index in [1.807, 2.05) is 78.9 Å². The van der Waals surface area contributed by atoms with E-state index in [2.05, 4.69) is 29.0 Å².